The largest absolute Gasteiger partial charge is 0.312 e. The van der Waals surface area contributed by atoms with Crippen LogP contribution in [0, 0.1) is 12.8 Å². The maximum absolute atomic E-state index is 3.66. The molecule has 2 nitrogen and oxygen atoms in total. The summed E-state index contributed by atoms with van der Waals surface area (Å²) in [4.78, 5) is 2.61. The van der Waals surface area contributed by atoms with Crippen LogP contribution in [0.25, 0.3) is 0 Å². The molecule has 0 bridgehead atoms. The molecule has 17 heavy (non-hydrogen) atoms. The number of aryl methyl sites for hydroxylation is 1. The van der Waals surface area contributed by atoms with Crippen molar-refractivity contribution < 1.29 is 0 Å². The number of rotatable bonds is 2. The Bertz CT molecular complexity index is 357. The van der Waals surface area contributed by atoms with Crippen molar-refractivity contribution in [2.45, 2.75) is 32.4 Å². The van der Waals surface area contributed by atoms with E-state index in [2.05, 4.69) is 41.4 Å². The summed E-state index contributed by atoms with van der Waals surface area (Å²) in [5.74, 6) is 0.897. The van der Waals surface area contributed by atoms with Gasteiger partial charge in [0.25, 0.3) is 0 Å². The standard InChI is InChI=1S/C15H22N2/c1-12-4-6-13(7-5-12)9-17-10-14-3-2-8-16-15(14)11-17/h4-7,14-16H,2-3,8-11H2,1H3/t14-,15+/m0/s1. The van der Waals surface area contributed by atoms with Crippen molar-refractivity contribution in [2.75, 3.05) is 19.6 Å². The highest BCUT2D eigenvalue weighted by Crippen LogP contribution is 2.25. The van der Waals surface area contributed by atoms with E-state index in [0.29, 0.717) is 0 Å². The van der Waals surface area contributed by atoms with Gasteiger partial charge in [0.15, 0.2) is 0 Å². The second kappa shape index (κ2) is 4.79. The van der Waals surface area contributed by atoms with Gasteiger partial charge in [0.1, 0.15) is 0 Å². The van der Waals surface area contributed by atoms with Gasteiger partial charge in [-0.1, -0.05) is 29.8 Å². The fraction of sp³-hybridized carbons (Fsp3) is 0.600. The van der Waals surface area contributed by atoms with Crippen LogP contribution in [0.4, 0.5) is 0 Å². The molecule has 3 rings (SSSR count). The molecule has 0 amide bonds. The summed E-state index contributed by atoms with van der Waals surface area (Å²) in [6, 6.07) is 9.73. The molecule has 2 heterocycles. The summed E-state index contributed by atoms with van der Waals surface area (Å²) in [6.07, 6.45) is 2.78. The average molecular weight is 230 g/mol. The second-order valence-corrected chi connectivity index (χ2v) is 5.64. The minimum atomic E-state index is 0.759. The van der Waals surface area contributed by atoms with Gasteiger partial charge in [0.2, 0.25) is 0 Å². The van der Waals surface area contributed by atoms with E-state index < -0.39 is 0 Å². The molecule has 0 spiro atoms. The molecule has 0 saturated carbocycles. The number of piperidine rings is 1. The van der Waals surface area contributed by atoms with Crippen LogP contribution in [-0.2, 0) is 6.54 Å². The van der Waals surface area contributed by atoms with Crippen molar-refractivity contribution >= 4 is 0 Å². The normalized spacial score (nSPS) is 29.2. The number of nitrogens with zero attached hydrogens (tertiary/aromatic N) is 1. The van der Waals surface area contributed by atoms with Gasteiger partial charge in [-0.3, -0.25) is 4.90 Å². The third-order valence-corrected chi connectivity index (χ3v) is 4.20. The Morgan fingerprint density at radius 3 is 2.82 bits per heavy atom. The SMILES string of the molecule is Cc1ccc(CN2C[C@@H]3CCCN[C@@H]3C2)cc1. The van der Waals surface area contributed by atoms with Crippen molar-refractivity contribution in [3.8, 4) is 0 Å². The van der Waals surface area contributed by atoms with E-state index in [1.165, 1.54) is 43.6 Å². The van der Waals surface area contributed by atoms with Crippen LogP contribution in [-0.4, -0.2) is 30.6 Å². The van der Waals surface area contributed by atoms with E-state index in [-0.39, 0.29) is 0 Å². The van der Waals surface area contributed by atoms with Crippen molar-refractivity contribution in [3.63, 3.8) is 0 Å². The summed E-state index contributed by atoms with van der Waals surface area (Å²) >= 11 is 0. The summed E-state index contributed by atoms with van der Waals surface area (Å²) in [7, 11) is 0. The molecule has 0 aromatic heterocycles. The van der Waals surface area contributed by atoms with E-state index in [1.54, 1.807) is 0 Å². The first-order valence-corrected chi connectivity index (χ1v) is 6.82. The number of benzene rings is 1. The molecule has 2 aliphatic heterocycles. The van der Waals surface area contributed by atoms with E-state index >= 15 is 0 Å². The fourth-order valence-electron chi connectivity index (χ4n) is 3.22. The quantitative estimate of drug-likeness (QED) is 0.837. The summed E-state index contributed by atoms with van der Waals surface area (Å²) < 4.78 is 0. The highest BCUT2D eigenvalue weighted by atomic mass is 15.2. The van der Waals surface area contributed by atoms with Crippen LogP contribution in [0.5, 0.6) is 0 Å². The van der Waals surface area contributed by atoms with Gasteiger partial charge in [0, 0.05) is 25.7 Å². The van der Waals surface area contributed by atoms with Gasteiger partial charge < -0.3 is 5.32 Å². The number of likely N-dealkylation sites (tertiary alicyclic amines) is 1. The molecule has 1 aromatic carbocycles. The molecule has 0 aliphatic carbocycles. The number of nitrogens with one attached hydrogen (secondary N) is 1. The predicted octanol–water partition coefficient (Wildman–Crippen LogP) is 2.18. The molecule has 2 aliphatic rings. The molecule has 2 heteroatoms. The monoisotopic (exact) mass is 230 g/mol. The van der Waals surface area contributed by atoms with E-state index in [1.807, 2.05) is 0 Å². The van der Waals surface area contributed by atoms with Crippen LogP contribution < -0.4 is 5.32 Å². The number of hydrogen-bond donors (Lipinski definition) is 1. The molecule has 2 fully saturated rings. The smallest absolute Gasteiger partial charge is 0.0235 e. The van der Waals surface area contributed by atoms with E-state index in [9.17, 15) is 0 Å². The minimum Gasteiger partial charge on any atom is -0.312 e. The lowest BCUT2D eigenvalue weighted by Gasteiger charge is -2.24. The third-order valence-electron chi connectivity index (χ3n) is 4.20. The van der Waals surface area contributed by atoms with Crippen molar-refractivity contribution in [2.24, 2.45) is 5.92 Å². The Balaban J connectivity index is 1.61. The Morgan fingerprint density at radius 2 is 2.06 bits per heavy atom. The fourth-order valence-corrected chi connectivity index (χ4v) is 3.22. The zero-order valence-corrected chi connectivity index (χ0v) is 10.7. The summed E-state index contributed by atoms with van der Waals surface area (Å²) in [5, 5.41) is 3.66. The van der Waals surface area contributed by atoms with Gasteiger partial charge in [0.05, 0.1) is 0 Å². The van der Waals surface area contributed by atoms with Gasteiger partial charge >= 0.3 is 0 Å². The Hall–Kier alpha value is -0.860. The van der Waals surface area contributed by atoms with Crippen LogP contribution in [0.1, 0.15) is 24.0 Å². The van der Waals surface area contributed by atoms with Gasteiger partial charge in [-0.2, -0.15) is 0 Å². The first-order valence-electron chi connectivity index (χ1n) is 6.82. The first kappa shape index (κ1) is 11.2. The molecule has 2 saturated heterocycles. The second-order valence-electron chi connectivity index (χ2n) is 5.64. The molecule has 92 valence electrons. The molecule has 1 aromatic rings. The highest BCUT2D eigenvalue weighted by molar-refractivity contribution is 5.21. The minimum absolute atomic E-state index is 0.759. The van der Waals surface area contributed by atoms with Crippen molar-refractivity contribution in [3.05, 3.63) is 35.4 Å². The summed E-state index contributed by atoms with van der Waals surface area (Å²) in [6.45, 7) is 7.01. The Morgan fingerprint density at radius 1 is 1.24 bits per heavy atom. The predicted molar refractivity (Wildman–Crippen MR) is 71.0 cm³/mol. The Labute approximate surface area is 104 Å². The Kier molecular flexibility index (Phi) is 3.17. The average Bonchev–Trinajstić information content (AvgIpc) is 2.74. The first-order chi connectivity index (χ1) is 8.31. The van der Waals surface area contributed by atoms with Crippen molar-refractivity contribution in [1.29, 1.82) is 0 Å². The van der Waals surface area contributed by atoms with E-state index in [0.717, 1.165) is 18.5 Å². The van der Waals surface area contributed by atoms with Gasteiger partial charge in [-0.15, -0.1) is 0 Å². The topological polar surface area (TPSA) is 15.3 Å². The van der Waals surface area contributed by atoms with Gasteiger partial charge in [-0.25, -0.2) is 0 Å². The van der Waals surface area contributed by atoms with Crippen LogP contribution in [0.15, 0.2) is 24.3 Å². The van der Waals surface area contributed by atoms with Crippen LogP contribution in [0.2, 0.25) is 0 Å². The molecule has 0 radical (unpaired) electrons. The van der Waals surface area contributed by atoms with Gasteiger partial charge in [-0.05, 0) is 37.8 Å². The van der Waals surface area contributed by atoms with Crippen LogP contribution >= 0.6 is 0 Å². The highest BCUT2D eigenvalue weighted by Gasteiger charge is 2.33. The summed E-state index contributed by atoms with van der Waals surface area (Å²) in [5.41, 5.74) is 2.81. The number of fused-ring (bicyclic) bond motifs is 1. The zero-order valence-electron chi connectivity index (χ0n) is 10.7. The molecule has 2 atom stereocenters. The lowest BCUT2D eigenvalue weighted by molar-refractivity contribution is 0.312. The lowest BCUT2D eigenvalue weighted by Crippen LogP contribution is -2.40. The maximum Gasteiger partial charge on any atom is 0.0235 e. The number of hydrogen-bond acceptors (Lipinski definition) is 2. The van der Waals surface area contributed by atoms with E-state index in [4.69, 9.17) is 0 Å². The van der Waals surface area contributed by atoms with Crippen LogP contribution in [0.3, 0.4) is 0 Å². The molecular weight excluding hydrogens is 208 g/mol. The third kappa shape index (κ3) is 2.53. The van der Waals surface area contributed by atoms with Crippen molar-refractivity contribution in [1.82, 2.24) is 10.2 Å². The molecule has 1 N–H and O–H groups in total. The zero-order chi connectivity index (χ0) is 11.7. The maximum atomic E-state index is 3.66. The molecule has 0 unspecified atom stereocenters. The lowest BCUT2D eigenvalue weighted by atomic mass is 9.94. The molecular formula is C15H22N2.